The van der Waals surface area contributed by atoms with Crippen LogP contribution in [0.2, 0.25) is 0 Å². The summed E-state index contributed by atoms with van der Waals surface area (Å²) in [6, 6.07) is 16.1. The van der Waals surface area contributed by atoms with Crippen molar-refractivity contribution in [2.75, 3.05) is 19.6 Å². The third kappa shape index (κ3) is 6.32. The highest BCUT2D eigenvalue weighted by Crippen LogP contribution is 2.30. The maximum Gasteiger partial charge on any atom is 0.234 e. The molecule has 3 heterocycles. The number of thiazole rings is 1. The lowest BCUT2D eigenvalue weighted by atomic mass is 10.1. The van der Waals surface area contributed by atoms with Gasteiger partial charge in [0.1, 0.15) is 11.5 Å². The molecule has 39 heavy (non-hydrogen) atoms. The first kappa shape index (κ1) is 26.0. The number of aryl methyl sites for hydroxylation is 2. The monoisotopic (exact) mass is 546 g/mol. The summed E-state index contributed by atoms with van der Waals surface area (Å²) in [5.41, 5.74) is 3.00. The number of rotatable bonds is 3. The SMILES string of the molecule is Cc1nc(C)c(CC(=O)N2C[C@@H]3NC(=O)CN(C4CC4)Cc4cccc(c4)Oc4cccc(c4)CO[C@H]3C2)s1. The van der Waals surface area contributed by atoms with Crippen LogP contribution >= 0.6 is 11.3 Å². The number of carbonyl (C=O) groups excluding carboxylic acids is 2. The van der Waals surface area contributed by atoms with E-state index < -0.39 is 0 Å². The molecule has 3 aliphatic rings. The Morgan fingerprint density at radius 1 is 1.05 bits per heavy atom. The number of hydrogen-bond donors (Lipinski definition) is 1. The fourth-order valence-corrected chi connectivity index (χ4v) is 6.37. The van der Waals surface area contributed by atoms with Gasteiger partial charge < -0.3 is 19.7 Å². The van der Waals surface area contributed by atoms with Crippen LogP contribution in [-0.4, -0.2) is 64.4 Å². The van der Waals surface area contributed by atoms with Gasteiger partial charge in [-0.05, 0) is 62.1 Å². The van der Waals surface area contributed by atoms with Crippen molar-refractivity contribution in [1.29, 1.82) is 0 Å². The molecule has 1 aromatic heterocycles. The van der Waals surface area contributed by atoms with Crippen LogP contribution in [0.4, 0.5) is 0 Å². The number of hydrogen-bond acceptors (Lipinski definition) is 7. The van der Waals surface area contributed by atoms with Crippen molar-refractivity contribution >= 4 is 23.2 Å². The van der Waals surface area contributed by atoms with Crippen LogP contribution in [0.3, 0.4) is 0 Å². The van der Waals surface area contributed by atoms with E-state index in [0.29, 0.717) is 45.2 Å². The molecule has 2 atom stereocenters. The van der Waals surface area contributed by atoms with Crippen LogP contribution in [0.1, 0.15) is 39.5 Å². The summed E-state index contributed by atoms with van der Waals surface area (Å²) in [6.07, 6.45) is 2.22. The molecular weight excluding hydrogens is 512 g/mol. The number of fused-ring (bicyclic) bond motifs is 5. The second-order valence-corrected chi connectivity index (χ2v) is 12.1. The highest BCUT2D eigenvalue weighted by molar-refractivity contribution is 7.11. The van der Waals surface area contributed by atoms with E-state index >= 15 is 0 Å². The zero-order chi connectivity index (χ0) is 26.9. The molecule has 2 amide bonds. The molecule has 0 radical (unpaired) electrons. The minimum absolute atomic E-state index is 0.0345. The van der Waals surface area contributed by atoms with Crippen molar-refractivity contribution in [1.82, 2.24) is 20.1 Å². The maximum absolute atomic E-state index is 13.3. The number of benzene rings is 2. The molecule has 1 N–H and O–H groups in total. The average Bonchev–Trinajstić information content (AvgIpc) is 3.60. The lowest BCUT2D eigenvalue weighted by Crippen LogP contribution is -2.48. The molecule has 2 fully saturated rings. The number of amides is 2. The van der Waals surface area contributed by atoms with Gasteiger partial charge >= 0.3 is 0 Å². The first-order chi connectivity index (χ1) is 18.9. The first-order valence-corrected chi connectivity index (χ1v) is 14.4. The molecule has 8 nitrogen and oxygen atoms in total. The Kier molecular flexibility index (Phi) is 7.38. The molecule has 1 saturated carbocycles. The van der Waals surface area contributed by atoms with Crippen molar-refractivity contribution < 1.29 is 19.1 Å². The molecule has 6 rings (SSSR count). The van der Waals surface area contributed by atoms with Crippen molar-refractivity contribution in [2.45, 2.75) is 64.4 Å². The summed E-state index contributed by atoms with van der Waals surface area (Å²) in [7, 11) is 0. The third-order valence-corrected chi connectivity index (χ3v) is 8.64. The van der Waals surface area contributed by atoms with Gasteiger partial charge in [-0.3, -0.25) is 14.5 Å². The quantitative estimate of drug-likeness (QED) is 0.535. The highest BCUT2D eigenvalue weighted by Gasteiger charge is 2.38. The van der Waals surface area contributed by atoms with Gasteiger partial charge in [0.25, 0.3) is 0 Å². The Morgan fingerprint density at radius 3 is 2.51 bits per heavy atom. The summed E-state index contributed by atoms with van der Waals surface area (Å²) in [4.78, 5) is 36.1. The van der Waals surface area contributed by atoms with Crippen LogP contribution in [0.5, 0.6) is 11.5 Å². The lowest BCUT2D eigenvalue weighted by molar-refractivity contribution is -0.130. The number of nitrogens with one attached hydrogen (secondary N) is 1. The van der Waals surface area contributed by atoms with Gasteiger partial charge in [0.15, 0.2) is 0 Å². The van der Waals surface area contributed by atoms with Crippen molar-refractivity contribution in [3.63, 3.8) is 0 Å². The second kappa shape index (κ2) is 11.1. The normalized spacial score (nSPS) is 22.2. The van der Waals surface area contributed by atoms with Crippen LogP contribution in [-0.2, 0) is 33.9 Å². The predicted molar refractivity (Wildman–Crippen MR) is 149 cm³/mol. The molecule has 1 saturated heterocycles. The molecule has 2 aromatic carbocycles. The second-order valence-electron chi connectivity index (χ2n) is 10.8. The topological polar surface area (TPSA) is 84.0 Å². The smallest absolute Gasteiger partial charge is 0.234 e. The zero-order valence-electron chi connectivity index (χ0n) is 22.4. The van der Waals surface area contributed by atoms with Crippen molar-refractivity contribution in [3.05, 3.63) is 75.2 Å². The number of likely N-dealkylation sites (tertiary alicyclic amines) is 1. The standard InChI is InChI=1S/C30H34N4O4S/c1-19-28(39-20(2)31-19)13-30(36)34-15-26-27(16-34)37-18-22-6-4-8-25(12-22)38-24-7-3-5-21(11-24)14-33(23-9-10-23)17-29(35)32-26/h3-8,11-12,23,26-27H,9-10,13-18H2,1-2H3,(H,32,35)/t26-,27-/m0/s1. The van der Waals surface area contributed by atoms with Gasteiger partial charge in [-0.25, -0.2) is 4.98 Å². The molecule has 0 unspecified atom stereocenters. The molecule has 9 heteroatoms. The summed E-state index contributed by atoms with van der Waals surface area (Å²) in [5, 5.41) is 4.18. The fourth-order valence-electron chi connectivity index (χ4n) is 5.44. The van der Waals surface area contributed by atoms with E-state index in [4.69, 9.17) is 9.47 Å². The van der Waals surface area contributed by atoms with E-state index in [9.17, 15) is 9.59 Å². The number of ether oxygens (including phenoxy) is 2. The zero-order valence-corrected chi connectivity index (χ0v) is 23.2. The van der Waals surface area contributed by atoms with E-state index in [-0.39, 0.29) is 24.0 Å². The molecule has 204 valence electrons. The Balaban J connectivity index is 1.23. The van der Waals surface area contributed by atoms with E-state index in [0.717, 1.165) is 51.0 Å². The fraction of sp³-hybridized carbons (Fsp3) is 0.433. The third-order valence-electron chi connectivity index (χ3n) is 7.57. The van der Waals surface area contributed by atoms with Gasteiger partial charge in [-0.15, -0.1) is 11.3 Å². The van der Waals surface area contributed by atoms with Gasteiger partial charge in [0.2, 0.25) is 11.8 Å². The first-order valence-electron chi connectivity index (χ1n) is 13.6. The summed E-state index contributed by atoms with van der Waals surface area (Å²) >= 11 is 1.57. The van der Waals surface area contributed by atoms with Gasteiger partial charge in [0, 0.05) is 30.6 Å². The Hall–Kier alpha value is -3.27. The van der Waals surface area contributed by atoms with Gasteiger partial charge in [0.05, 0.1) is 42.4 Å². The Morgan fingerprint density at radius 2 is 1.79 bits per heavy atom. The summed E-state index contributed by atoms with van der Waals surface area (Å²) in [5.74, 6) is 1.52. The van der Waals surface area contributed by atoms with E-state index in [1.165, 1.54) is 0 Å². The van der Waals surface area contributed by atoms with Gasteiger partial charge in [-0.2, -0.15) is 0 Å². The lowest BCUT2D eigenvalue weighted by Gasteiger charge is -2.25. The Labute approximate surface area is 232 Å². The number of carbonyl (C=O) groups is 2. The van der Waals surface area contributed by atoms with Crippen LogP contribution < -0.4 is 10.1 Å². The van der Waals surface area contributed by atoms with Crippen LogP contribution in [0, 0.1) is 13.8 Å². The number of aromatic nitrogens is 1. The average molecular weight is 547 g/mol. The van der Waals surface area contributed by atoms with E-state index in [1.54, 1.807) is 11.3 Å². The summed E-state index contributed by atoms with van der Waals surface area (Å²) in [6.45, 7) is 6.12. The minimum Gasteiger partial charge on any atom is -0.457 e. The highest BCUT2D eigenvalue weighted by atomic mass is 32.1. The van der Waals surface area contributed by atoms with Crippen molar-refractivity contribution in [3.8, 4) is 11.5 Å². The maximum atomic E-state index is 13.3. The van der Waals surface area contributed by atoms with Crippen LogP contribution in [0.25, 0.3) is 0 Å². The number of nitrogens with zero attached hydrogens (tertiary/aromatic N) is 3. The van der Waals surface area contributed by atoms with Crippen LogP contribution in [0.15, 0.2) is 48.5 Å². The molecule has 2 aliphatic heterocycles. The van der Waals surface area contributed by atoms with E-state index in [2.05, 4.69) is 21.3 Å². The predicted octanol–water partition coefficient (Wildman–Crippen LogP) is 3.99. The minimum atomic E-state index is -0.304. The molecule has 4 bridgehead atoms. The van der Waals surface area contributed by atoms with Gasteiger partial charge in [-0.1, -0.05) is 24.3 Å². The van der Waals surface area contributed by atoms with Crippen molar-refractivity contribution in [2.24, 2.45) is 0 Å². The largest absolute Gasteiger partial charge is 0.457 e. The molecule has 0 spiro atoms. The molecule has 3 aromatic rings. The van der Waals surface area contributed by atoms with E-state index in [1.807, 2.05) is 61.2 Å². The summed E-state index contributed by atoms with van der Waals surface area (Å²) < 4.78 is 12.5. The molecular formula is C30H34N4O4S. The Bertz CT molecular complexity index is 1370. The molecule has 1 aliphatic carbocycles.